The summed E-state index contributed by atoms with van der Waals surface area (Å²) in [5.74, 6) is 8.43. The molecule has 2 aliphatic rings. The van der Waals surface area contributed by atoms with Crippen molar-refractivity contribution in [2.45, 2.75) is 37.6 Å². The second kappa shape index (κ2) is 6.32. The number of aliphatic hydroxyl groups is 1. The Balaban J connectivity index is 1.71. The van der Waals surface area contributed by atoms with Crippen molar-refractivity contribution < 1.29 is 5.11 Å². The Bertz CT molecular complexity index is 573. The van der Waals surface area contributed by atoms with Gasteiger partial charge in [-0.05, 0) is 30.5 Å². The number of nitrogens with one attached hydrogen (secondary N) is 1. The zero-order valence-electron chi connectivity index (χ0n) is 12.5. The molecule has 3 rings (SSSR count). The summed E-state index contributed by atoms with van der Waals surface area (Å²) in [4.78, 5) is 4.23. The summed E-state index contributed by atoms with van der Waals surface area (Å²) in [7, 11) is 1.78. The molecule has 0 unspecified atom stereocenters. The summed E-state index contributed by atoms with van der Waals surface area (Å²) in [5, 5.41) is 12.5. The van der Waals surface area contributed by atoms with Crippen molar-refractivity contribution in [1.29, 1.82) is 0 Å². The molecular formula is C18H22N2O. The van der Waals surface area contributed by atoms with Crippen molar-refractivity contribution in [1.82, 2.24) is 5.32 Å². The number of hydrogen-bond donors (Lipinski definition) is 2. The van der Waals surface area contributed by atoms with E-state index in [0.717, 1.165) is 11.4 Å². The van der Waals surface area contributed by atoms with Gasteiger partial charge < -0.3 is 10.4 Å². The maximum Gasteiger partial charge on any atom is 0.106 e. The molecule has 1 aromatic rings. The van der Waals surface area contributed by atoms with Gasteiger partial charge >= 0.3 is 0 Å². The highest BCUT2D eigenvalue weighted by Gasteiger charge is 2.37. The van der Waals surface area contributed by atoms with Crippen molar-refractivity contribution in [2.24, 2.45) is 10.9 Å². The van der Waals surface area contributed by atoms with Gasteiger partial charge in [-0.3, -0.25) is 4.99 Å². The van der Waals surface area contributed by atoms with Gasteiger partial charge in [0.25, 0.3) is 0 Å². The fourth-order valence-corrected chi connectivity index (χ4v) is 3.23. The fourth-order valence-electron chi connectivity index (χ4n) is 3.23. The summed E-state index contributed by atoms with van der Waals surface area (Å²) in [5.41, 5.74) is 2.27. The maximum atomic E-state index is 9.35. The molecule has 2 fully saturated rings. The number of hydrogen-bond acceptors (Lipinski definition) is 2. The van der Waals surface area contributed by atoms with Gasteiger partial charge in [0.2, 0.25) is 0 Å². The minimum absolute atomic E-state index is 0.0825. The lowest BCUT2D eigenvalue weighted by atomic mass is 9.83. The van der Waals surface area contributed by atoms with Gasteiger partial charge in [-0.25, -0.2) is 0 Å². The van der Waals surface area contributed by atoms with Gasteiger partial charge in [0.15, 0.2) is 0 Å². The zero-order chi connectivity index (χ0) is 14.7. The molecule has 1 aromatic carbocycles. The highest BCUT2D eigenvalue weighted by molar-refractivity contribution is 5.95. The van der Waals surface area contributed by atoms with E-state index in [1.54, 1.807) is 7.05 Å². The Hall–Kier alpha value is -1.79. The number of aliphatic imine (C=N–C) groups is 1. The van der Waals surface area contributed by atoms with Gasteiger partial charge in [0, 0.05) is 18.5 Å². The van der Waals surface area contributed by atoms with Gasteiger partial charge in [-0.1, -0.05) is 36.8 Å². The van der Waals surface area contributed by atoms with Crippen LogP contribution in [0.3, 0.4) is 0 Å². The first-order chi connectivity index (χ1) is 10.3. The molecule has 0 bridgehead atoms. The average molecular weight is 282 g/mol. The third-order valence-corrected chi connectivity index (χ3v) is 4.51. The van der Waals surface area contributed by atoms with Crippen LogP contribution in [0.15, 0.2) is 29.3 Å². The number of amidine groups is 1. The normalized spacial score (nSPS) is 26.9. The topological polar surface area (TPSA) is 44.6 Å². The smallest absolute Gasteiger partial charge is 0.106 e. The molecule has 3 heteroatoms. The van der Waals surface area contributed by atoms with E-state index in [9.17, 15) is 5.11 Å². The van der Waals surface area contributed by atoms with Gasteiger partial charge in [-0.2, -0.15) is 0 Å². The lowest BCUT2D eigenvalue weighted by Crippen LogP contribution is -2.58. The van der Waals surface area contributed by atoms with Crippen LogP contribution in [0.4, 0.5) is 0 Å². The Morgan fingerprint density at radius 2 is 1.95 bits per heavy atom. The van der Waals surface area contributed by atoms with E-state index in [0.29, 0.717) is 5.92 Å². The van der Waals surface area contributed by atoms with Crippen LogP contribution < -0.4 is 5.32 Å². The van der Waals surface area contributed by atoms with Gasteiger partial charge in [-0.15, -0.1) is 0 Å². The molecule has 0 radical (unpaired) electrons. The molecule has 1 saturated carbocycles. The number of benzene rings is 1. The first kappa shape index (κ1) is 14.2. The molecule has 21 heavy (non-hydrogen) atoms. The number of aliphatic hydroxyl groups excluding tert-OH is 1. The minimum atomic E-state index is 0.0825. The third-order valence-electron chi connectivity index (χ3n) is 4.51. The molecule has 1 heterocycles. The first-order valence-electron chi connectivity index (χ1n) is 7.77. The Kier molecular flexibility index (Phi) is 4.26. The second-order valence-electron chi connectivity index (χ2n) is 5.89. The van der Waals surface area contributed by atoms with E-state index in [-0.39, 0.29) is 18.6 Å². The first-order valence-corrected chi connectivity index (χ1v) is 7.77. The van der Waals surface area contributed by atoms with E-state index in [4.69, 9.17) is 0 Å². The standard InChI is InChI=1S/C18H22N2O/c1-19-18-17(16(12-21)20-18)15-10-8-14(9-11-15)7-6-13-4-2-3-5-13/h8-11,13,16-17,21H,2-5,12H2,1H3,(H,19,20)/t16-,17-/m1/s1. The predicted octanol–water partition coefficient (Wildman–Crippen LogP) is 2.30. The monoisotopic (exact) mass is 282 g/mol. The summed E-state index contributed by atoms with van der Waals surface area (Å²) >= 11 is 0. The molecular weight excluding hydrogens is 260 g/mol. The Morgan fingerprint density at radius 1 is 1.24 bits per heavy atom. The van der Waals surface area contributed by atoms with E-state index in [1.165, 1.54) is 31.2 Å². The fraction of sp³-hybridized carbons (Fsp3) is 0.500. The maximum absolute atomic E-state index is 9.35. The van der Waals surface area contributed by atoms with E-state index >= 15 is 0 Å². The summed E-state index contributed by atoms with van der Waals surface area (Å²) in [6, 6.07) is 8.46. The SMILES string of the molecule is CN=C1N[C@H](CO)[C@H]1c1ccc(C#CC2CCCC2)cc1. The molecule has 110 valence electrons. The van der Waals surface area contributed by atoms with E-state index in [2.05, 4.69) is 46.4 Å². The van der Waals surface area contributed by atoms with Crippen LogP contribution in [0.25, 0.3) is 0 Å². The van der Waals surface area contributed by atoms with Crippen molar-refractivity contribution in [3.63, 3.8) is 0 Å². The van der Waals surface area contributed by atoms with Crippen LogP contribution in [0, 0.1) is 17.8 Å². The third kappa shape index (κ3) is 2.96. The molecule has 0 amide bonds. The van der Waals surface area contributed by atoms with Crippen molar-refractivity contribution in [3.05, 3.63) is 35.4 Å². The van der Waals surface area contributed by atoms with E-state index in [1.807, 2.05) is 0 Å². The minimum Gasteiger partial charge on any atom is -0.394 e. The molecule has 1 aliphatic carbocycles. The van der Waals surface area contributed by atoms with Crippen molar-refractivity contribution in [3.8, 4) is 11.8 Å². The second-order valence-corrected chi connectivity index (χ2v) is 5.89. The van der Waals surface area contributed by atoms with Crippen molar-refractivity contribution >= 4 is 5.84 Å². The summed E-state index contributed by atoms with van der Waals surface area (Å²) in [6.07, 6.45) is 5.17. The molecule has 2 N–H and O–H groups in total. The van der Waals surface area contributed by atoms with Crippen LogP contribution in [0.2, 0.25) is 0 Å². The summed E-state index contributed by atoms with van der Waals surface area (Å²) < 4.78 is 0. The molecule has 0 aromatic heterocycles. The lowest BCUT2D eigenvalue weighted by molar-refractivity contribution is 0.230. The summed E-state index contributed by atoms with van der Waals surface area (Å²) in [6.45, 7) is 0.132. The highest BCUT2D eigenvalue weighted by Crippen LogP contribution is 2.28. The largest absolute Gasteiger partial charge is 0.394 e. The average Bonchev–Trinajstić information content (AvgIpc) is 3.00. The highest BCUT2D eigenvalue weighted by atomic mass is 16.3. The predicted molar refractivity (Wildman–Crippen MR) is 85.4 cm³/mol. The van der Waals surface area contributed by atoms with Crippen LogP contribution in [-0.4, -0.2) is 30.6 Å². The quantitative estimate of drug-likeness (QED) is 0.818. The van der Waals surface area contributed by atoms with Crippen LogP contribution in [-0.2, 0) is 0 Å². The molecule has 1 saturated heterocycles. The number of rotatable bonds is 2. The Labute approximate surface area is 126 Å². The Morgan fingerprint density at radius 3 is 2.57 bits per heavy atom. The lowest BCUT2D eigenvalue weighted by Gasteiger charge is -2.39. The molecule has 2 atom stereocenters. The van der Waals surface area contributed by atoms with Crippen LogP contribution in [0.5, 0.6) is 0 Å². The number of nitrogens with zero attached hydrogens (tertiary/aromatic N) is 1. The molecule has 3 nitrogen and oxygen atoms in total. The van der Waals surface area contributed by atoms with E-state index < -0.39 is 0 Å². The van der Waals surface area contributed by atoms with Crippen LogP contribution >= 0.6 is 0 Å². The molecule has 1 aliphatic heterocycles. The zero-order valence-corrected chi connectivity index (χ0v) is 12.5. The molecule has 0 spiro atoms. The van der Waals surface area contributed by atoms with Crippen molar-refractivity contribution in [2.75, 3.05) is 13.7 Å². The van der Waals surface area contributed by atoms with Gasteiger partial charge in [0.1, 0.15) is 5.84 Å². The van der Waals surface area contributed by atoms with Gasteiger partial charge in [0.05, 0.1) is 18.6 Å². The van der Waals surface area contributed by atoms with Crippen LogP contribution in [0.1, 0.15) is 42.7 Å².